The third kappa shape index (κ3) is 5.10. The fourth-order valence-corrected chi connectivity index (χ4v) is 3.47. The van der Waals surface area contributed by atoms with Gasteiger partial charge in [-0.1, -0.05) is 68.6 Å². The van der Waals surface area contributed by atoms with Gasteiger partial charge in [0.05, 0.1) is 0 Å². The molecule has 0 spiro atoms. The van der Waals surface area contributed by atoms with E-state index in [0.717, 1.165) is 33.4 Å². The molecule has 0 saturated carbocycles. The number of benzene rings is 2. The number of rotatable bonds is 6. The van der Waals surface area contributed by atoms with Gasteiger partial charge in [0.25, 0.3) is 0 Å². The van der Waals surface area contributed by atoms with Crippen molar-refractivity contribution < 1.29 is 0 Å². The van der Waals surface area contributed by atoms with Crippen molar-refractivity contribution in [3.05, 3.63) is 67.6 Å². The lowest BCUT2D eigenvalue weighted by Crippen LogP contribution is -2.24. The zero-order valence-corrected chi connectivity index (χ0v) is 15.8. The summed E-state index contributed by atoms with van der Waals surface area (Å²) >= 11 is 13.2. The minimum atomic E-state index is 0.276. The standard InChI is InChI=1S/C17H18Br2ClN/c1-2-9-21-17(10-12-3-5-13(18)6-4-12)15-8-7-14(20)11-16(15)19/h3-8,11,17,21H,2,9-10H2,1H3. The van der Waals surface area contributed by atoms with Crippen LogP contribution in [-0.4, -0.2) is 6.54 Å². The predicted octanol–water partition coefficient (Wildman–Crippen LogP) is 6.15. The minimum absolute atomic E-state index is 0.276. The van der Waals surface area contributed by atoms with Crippen LogP contribution in [0.5, 0.6) is 0 Å². The van der Waals surface area contributed by atoms with Crippen LogP contribution in [0.3, 0.4) is 0 Å². The first-order valence-electron chi connectivity index (χ1n) is 7.03. The molecule has 0 fully saturated rings. The van der Waals surface area contributed by atoms with E-state index >= 15 is 0 Å². The molecule has 4 heteroatoms. The maximum atomic E-state index is 6.05. The molecule has 0 aliphatic heterocycles. The fraction of sp³-hybridized carbons (Fsp3) is 0.294. The molecular formula is C17H18Br2ClN. The maximum absolute atomic E-state index is 6.05. The molecule has 0 aromatic heterocycles. The van der Waals surface area contributed by atoms with Crippen LogP contribution in [-0.2, 0) is 6.42 Å². The van der Waals surface area contributed by atoms with Gasteiger partial charge >= 0.3 is 0 Å². The normalized spacial score (nSPS) is 12.4. The predicted molar refractivity (Wildman–Crippen MR) is 98.0 cm³/mol. The van der Waals surface area contributed by atoms with E-state index in [0.29, 0.717) is 0 Å². The molecule has 112 valence electrons. The second-order valence-corrected chi connectivity index (χ2v) is 7.21. The summed E-state index contributed by atoms with van der Waals surface area (Å²) in [6, 6.07) is 14.8. The molecule has 1 unspecified atom stereocenters. The Balaban J connectivity index is 2.22. The average Bonchev–Trinajstić information content (AvgIpc) is 2.46. The molecule has 21 heavy (non-hydrogen) atoms. The van der Waals surface area contributed by atoms with E-state index in [4.69, 9.17) is 11.6 Å². The van der Waals surface area contributed by atoms with Crippen molar-refractivity contribution in [2.24, 2.45) is 0 Å². The summed E-state index contributed by atoms with van der Waals surface area (Å²) in [7, 11) is 0. The highest BCUT2D eigenvalue weighted by atomic mass is 79.9. The lowest BCUT2D eigenvalue weighted by Gasteiger charge is -2.21. The summed E-state index contributed by atoms with van der Waals surface area (Å²) < 4.78 is 2.16. The minimum Gasteiger partial charge on any atom is -0.310 e. The molecule has 2 aromatic carbocycles. The zero-order chi connectivity index (χ0) is 15.2. The van der Waals surface area contributed by atoms with Gasteiger partial charge in [-0.25, -0.2) is 0 Å². The molecule has 1 atom stereocenters. The van der Waals surface area contributed by atoms with Gasteiger partial charge in [-0.3, -0.25) is 0 Å². The Morgan fingerprint density at radius 3 is 2.43 bits per heavy atom. The van der Waals surface area contributed by atoms with Crippen molar-refractivity contribution in [3.63, 3.8) is 0 Å². The van der Waals surface area contributed by atoms with Gasteiger partial charge in [-0.15, -0.1) is 0 Å². The van der Waals surface area contributed by atoms with Gasteiger partial charge in [0.15, 0.2) is 0 Å². The van der Waals surface area contributed by atoms with Crippen LogP contribution in [0.25, 0.3) is 0 Å². The zero-order valence-electron chi connectivity index (χ0n) is 11.9. The third-order valence-corrected chi connectivity index (χ3v) is 4.78. The van der Waals surface area contributed by atoms with Gasteiger partial charge in [-0.05, 0) is 54.8 Å². The van der Waals surface area contributed by atoms with E-state index in [2.05, 4.69) is 74.4 Å². The van der Waals surface area contributed by atoms with E-state index in [1.807, 2.05) is 12.1 Å². The first-order chi connectivity index (χ1) is 10.1. The SMILES string of the molecule is CCCNC(Cc1ccc(Br)cc1)c1ccc(Cl)cc1Br. The number of hydrogen-bond acceptors (Lipinski definition) is 1. The van der Waals surface area contributed by atoms with Gasteiger partial charge in [0.2, 0.25) is 0 Å². The van der Waals surface area contributed by atoms with E-state index in [-0.39, 0.29) is 6.04 Å². The molecule has 1 N–H and O–H groups in total. The molecule has 0 amide bonds. The summed E-state index contributed by atoms with van der Waals surface area (Å²) in [5, 5.41) is 4.38. The van der Waals surface area contributed by atoms with Crippen molar-refractivity contribution in [2.75, 3.05) is 6.54 Å². The van der Waals surface area contributed by atoms with Crippen molar-refractivity contribution in [1.82, 2.24) is 5.32 Å². The fourth-order valence-electron chi connectivity index (χ4n) is 2.25. The highest BCUT2D eigenvalue weighted by molar-refractivity contribution is 9.10. The van der Waals surface area contributed by atoms with Crippen LogP contribution >= 0.6 is 43.5 Å². The molecule has 2 rings (SSSR count). The van der Waals surface area contributed by atoms with Crippen molar-refractivity contribution in [1.29, 1.82) is 0 Å². The Morgan fingerprint density at radius 1 is 1.10 bits per heavy atom. The molecule has 0 radical (unpaired) electrons. The van der Waals surface area contributed by atoms with Gasteiger partial charge in [0, 0.05) is 20.0 Å². The lowest BCUT2D eigenvalue weighted by molar-refractivity contribution is 0.527. The number of halogens is 3. The van der Waals surface area contributed by atoms with Gasteiger partial charge < -0.3 is 5.32 Å². The largest absolute Gasteiger partial charge is 0.310 e. The summed E-state index contributed by atoms with van der Waals surface area (Å²) in [6.45, 7) is 3.18. The topological polar surface area (TPSA) is 12.0 Å². The Bertz CT molecular complexity index is 584. The van der Waals surface area contributed by atoms with Crippen molar-refractivity contribution >= 4 is 43.5 Å². The van der Waals surface area contributed by atoms with Crippen LogP contribution in [0.1, 0.15) is 30.5 Å². The summed E-state index contributed by atoms with van der Waals surface area (Å²) in [5.74, 6) is 0. The second-order valence-electron chi connectivity index (χ2n) is 5.00. The smallest absolute Gasteiger partial charge is 0.0417 e. The highest BCUT2D eigenvalue weighted by Crippen LogP contribution is 2.29. The molecule has 0 bridgehead atoms. The van der Waals surface area contributed by atoms with E-state index in [9.17, 15) is 0 Å². The highest BCUT2D eigenvalue weighted by Gasteiger charge is 2.15. The lowest BCUT2D eigenvalue weighted by atomic mass is 9.99. The molecule has 2 aromatic rings. The van der Waals surface area contributed by atoms with Crippen LogP contribution in [0, 0.1) is 0 Å². The first-order valence-corrected chi connectivity index (χ1v) is 8.99. The monoisotopic (exact) mass is 429 g/mol. The Labute approximate surface area is 148 Å². The Hall–Kier alpha value is -0.350. The molecule has 0 saturated heterocycles. The molecular weight excluding hydrogens is 413 g/mol. The van der Waals surface area contributed by atoms with Crippen molar-refractivity contribution in [3.8, 4) is 0 Å². The quantitative estimate of drug-likeness (QED) is 0.579. The molecule has 0 aliphatic rings. The summed E-state index contributed by atoms with van der Waals surface area (Å²) in [6.07, 6.45) is 2.07. The third-order valence-electron chi connectivity index (χ3n) is 3.33. The van der Waals surface area contributed by atoms with Crippen molar-refractivity contribution in [2.45, 2.75) is 25.8 Å². The second kappa shape index (κ2) is 8.33. The van der Waals surface area contributed by atoms with E-state index < -0.39 is 0 Å². The molecule has 0 heterocycles. The molecule has 1 nitrogen and oxygen atoms in total. The summed E-state index contributed by atoms with van der Waals surface area (Å²) in [5.41, 5.74) is 2.56. The summed E-state index contributed by atoms with van der Waals surface area (Å²) in [4.78, 5) is 0. The average molecular weight is 432 g/mol. The van der Waals surface area contributed by atoms with Crippen LogP contribution in [0.4, 0.5) is 0 Å². The van der Waals surface area contributed by atoms with Gasteiger partial charge in [-0.2, -0.15) is 0 Å². The van der Waals surface area contributed by atoms with E-state index in [1.165, 1.54) is 11.1 Å². The van der Waals surface area contributed by atoms with Crippen LogP contribution < -0.4 is 5.32 Å². The number of hydrogen-bond donors (Lipinski definition) is 1. The molecule has 0 aliphatic carbocycles. The van der Waals surface area contributed by atoms with Gasteiger partial charge in [0.1, 0.15) is 0 Å². The van der Waals surface area contributed by atoms with E-state index in [1.54, 1.807) is 0 Å². The number of nitrogens with one attached hydrogen (secondary N) is 1. The Morgan fingerprint density at radius 2 is 1.81 bits per heavy atom. The first kappa shape index (κ1) is 17.0. The maximum Gasteiger partial charge on any atom is 0.0417 e. The Kier molecular flexibility index (Phi) is 6.74. The van der Waals surface area contributed by atoms with Crippen LogP contribution in [0.15, 0.2) is 51.4 Å². The van der Waals surface area contributed by atoms with Crippen LogP contribution in [0.2, 0.25) is 5.02 Å².